The summed E-state index contributed by atoms with van der Waals surface area (Å²) in [5.41, 5.74) is -0.725. The fourth-order valence-corrected chi connectivity index (χ4v) is 2.33. The maximum Gasteiger partial charge on any atom is 0.341 e. The van der Waals surface area contributed by atoms with E-state index in [9.17, 15) is 14.0 Å². The summed E-state index contributed by atoms with van der Waals surface area (Å²) in [6, 6.07) is 1.20. The van der Waals surface area contributed by atoms with Crippen LogP contribution >= 0.6 is 0 Å². The second-order valence-electron chi connectivity index (χ2n) is 5.37. The summed E-state index contributed by atoms with van der Waals surface area (Å²) in [6.45, 7) is 0. The van der Waals surface area contributed by atoms with Crippen molar-refractivity contribution >= 4 is 22.8 Å². The van der Waals surface area contributed by atoms with Crippen molar-refractivity contribution < 1.29 is 14.3 Å². The highest BCUT2D eigenvalue weighted by atomic mass is 19.1. The lowest BCUT2D eigenvalue weighted by molar-refractivity contribution is 0.0695. The van der Waals surface area contributed by atoms with Crippen LogP contribution in [0.1, 0.15) is 29.2 Å². The van der Waals surface area contributed by atoms with Gasteiger partial charge >= 0.3 is 5.97 Å². The van der Waals surface area contributed by atoms with Gasteiger partial charge in [0.2, 0.25) is 5.43 Å². The minimum Gasteiger partial charge on any atom is -0.477 e. The minimum absolute atomic E-state index is 0.00454. The standard InChI is InChI=1S/C14H14FN3O3/c1-17(2)13-10(15)5-8-11(19)9(14(20)21)6-18(7-3-4-7)12(8)16-13/h5-7H,3-4H2,1-2H3,(H,20,21). The molecule has 0 saturated heterocycles. The molecule has 0 aromatic carbocycles. The van der Waals surface area contributed by atoms with Crippen molar-refractivity contribution in [1.29, 1.82) is 0 Å². The normalized spacial score (nSPS) is 14.4. The Morgan fingerprint density at radius 2 is 2.14 bits per heavy atom. The molecule has 0 aliphatic heterocycles. The number of aromatic nitrogens is 2. The summed E-state index contributed by atoms with van der Waals surface area (Å²) in [7, 11) is 3.31. The zero-order valence-corrected chi connectivity index (χ0v) is 11.6. The first-order valence-electron chi connectivity index (χ1n) is 6.56. The lowest BCUT2D eigenvalue weighted by Gasteiger charge is -2.16. The first-order chi connectivity index (χ1) is 9.90. The third kappa shape index (κ3) is 2.14. The smallest absolute Gasteiger partial charge is 0.341 e. The maximum atomic E-state index is 14.0. The van der Waals surface area contributed by atoms with Crippen LogP contribution in [0.3, 0.4) is 0 Å². The molecule has 1 aliphatic carbocycles. The topological polar surface area (TPSA) is 75.4 Å². The molecule has 0 radical (unpaired) electrons. The molecule has 110 valence electrons. The summed E-state index contributed by atoms with van der Waals surface area (Å²) in [4.78, 5) is 29.1. The molecule has 0 amide bonds. The molecule has 1 saturated carbocycles. The third-order valence-corrected chi connectivity index (χ3v) is 3.53. The van der Waals surface area contributed by atoms with Gasteiger partial charge < -0.3 is 14.6 Å². The van der Waals surface area contributed by atoms with Crippen LogP contribution in [-0.4, -0.2) is 34.7 Å². The molecule has 0 spiro atoms. The Morgan fingerprint density at radius 1 is 1.48 bits per heavy atom. The zero-order valence-electron chi connectivity index (χ0n) is 11.6. The van der Waals surface area contributed by atoms with E-state index in [-0.39, 0.29) is 22.8 Å². The van der Waals surface area contributed by atoms with E-state index in [0.717, 1.165) is 18.9 Å². The Balaban J connectivity index is 2.41. The number of fused-ring (bicyclic) bond motifs is 1. The van der Waals surface area contributed by atoms with Gasteiger partial charge in [-0.25, -0.2) is 14.2 Å². The molecule has 7 heteroatoms. The fourth-order valence-electron chi connectivity index (χ4n) is 2.33. The van der Waals surface area contributed by atoms with E-state index in [1.54, 1.807) is 18.7 Å². The average molecular weight is 291 g/mol. The number of aromatic carboxylic acids is 1. The summed E-state index contributed by atoms with van der Waals surface area (Å²) in [5, 5.41) is 9.13. The lowest BCUT2D eigenvalue weighted by Crippen LogP contribution is -2.21. The van der Waals surface area contributed by atoms with E-state index < -0.39 is 17.2 Å². The number of carboxylic acids is 1. The third-order valence-electron chi connectivity index (χ3n) is 3.53. The molecular formula is C14H14FN3O3. The minimum atomic E-state index is -1.31. The van der Waals surface area contributed by atoms with Crippen LogP contribution in [0, 0.1) is 5.82 Å². The van der Waals surface area contributed by atoms with E-state index in [0.29, 0.717) is 5.65 Å². The second kappa shape index (κ2) is 4.54. The van der Waals surface area contributed by atoms with Crippen LogP contribution in [0.15, 0.2) is 17.1 Å². The largest absolute Gasteiger partial charge is 0.477 e. The molecule has 2 aromatic rings. The molecule has 1 fully saturated rings. The van der Waals surface area contributed by atoms with Gasteiger partial charge in [-0.15, -0.1) is 0 Å². The number of nitrogens with zero attached hydrogens (tertiary/aromatic N) is 3. The number of carboxylic acid groups (broad SMARTS) is 1. The summed E-state index contributed by atoms with van der Waals surface area (Å²) in [5.74, 6) is -1.83. The van der Waals surface area contributed by atoms with Crippen molar-refractivity contribution in [2.45, 2.75) is 18.9 Å². The summed E-state index contributed by atoms with van der Waals surface area (Å²) in [6.07, 6.45) is 3.11. The van der Waals surface area contributed by atoms with Crippen LogP contribution in [0.25, 0.3) is 11.0 Å². The van der Waals surface area contributed by atoms with Crippen molar-refractivity contribution in [3.8, 4) is 0 Å². The van der Waals surface area contributed by atoms with E-state index in [1.165, 1.54) is 11.1 Å². The van der Waals surface area contributed by atoms with Crippen molar-refractivity contribution in [2.24, 2.45) is 0 Å². The molecule has 0 bridgehead atoms. The molecule has 1 N–H and O–H groups in total. The molecule has 0 unspecified atom stereocenters. The highest BCUT2D eigenvalue weighted by molar-refractivity contribution is 5.92. The summed E-state index contributed by atoms with van der Waals surface area (Å²) < 4.78 is 15.7. The highest BCUT2D eigenvalue weighted by Crippen LogP contribution is 2.37. The van der Waals surface area contributed by atoms with Gasteiger partial charge in [0.05, 0.1) is 5.39 Å². The number of anilines is 1. The second-order valence-corrected chi connectivity index (χ2v) is 5.37. The molecule has 0 atom stereocenters. The number of rotatable bonds is 3. The predicted molar refractivity (Wildman–Crippen MR) is 75.5 cm³/mol. The van der Waals surface area contributed by atoms with Gasteiger partial charge in [0.1, 0.15) is 11.2 Å². The van der Waals surface area contributed by atoms with Gasteiger partial charge in [0.25, 0.3) is 0 Å². The number of hydrogen-bond acceptors (Lipinski definition) is 4. The Morgan fingerprint density at radius 3 is 2.67 bits per heavy atom. The summed E-state index contributed by atoms with van der Waals surface area (Å²) >= 11 is 0. The van der Waals surface area contributed by atoms with Crippen molar-refractivity contribution in [2.75, 3.05) is 19.0 Å². The van der Waals surface area contributed by atoms with Gasteiger partial charge in [0, 0.05) is 26.3 Å². The van der Waals surface area contributed by atoms with Gasteiger partial charge in [-0.05, 0) is 18.9 Å². The Labute approximate surface area is 119 Å². The van der Waals surface area contributed by atoms with Crippen molar-refractivity contribution in [1.82, 2.24) is 9.55 Å². The van der Waals surface area contributed by atoms with Gasteiger partial charge in [-0.3, -0.25) is 4.79 Å². The number of hydrogen-bond donors (Lipinski definition) is 1. The molecule has 21 heavy (non-hydrogen) atoms. The molecule has 6 nitrogen and oxygen atoms in total. The average Bonchev–Trinajstić information content (AvgIpc) is 3.22. The Kier molecular flexibility index (Phi) is 2.93. The molecule has 2 heterocycles. The van der Waals surface area contributed by atoms with Gasteiger partial charge in [-0.2, -0.15) is 0 Å². The van der Waals surface area contributed by atoms with Gasteiger partial charge in [-0.1, -0.05) is 0 Å². The maximum absolute atomic E-state index is 14.0. The van der Waals surface area contributed by atoms with Crippen LogP contribution in [0.4, 0.5) is 10.2 Å². The molecule has 1 aliphatic rings. The Bertz CT molecular complexity index is 809. The number of pyridine rings is 2. The molecule has 3 rings (SSSR count). The SMILES string of the molecule is CN(C)c1nc2c(cc1F)c(=O)c(C(=O)O)cn2C1CC1. The molecular weight excluding hydrogens is 277 g/mol. The van der Waals surface area contributed by atoms with E-state index in [2.05, 4.69) is 4.98 Å². The lowest BCUT2D eigenvalue weighted by atomic mass is 10.2. The zero-order chi connectivity index (χ0) is 15.3. The quantitative estimate of drug-likeness (QED) is 0.930. The van der Waals surface area contributed by atoms with E-state index >= 15 is 0 Å². The fraction of sp³-hybridized carbons (Fsp3) is 0.357. The number of halogens is 1. The van der Waals surface area contributed by atoms with Crippen LogP contribution < -0.4 is 10.3 Å². The first kappa shape index (κ1) is 13.5. The van der Waals surface area contributed by atoms with Crippen molar-refractivity contribution in [3.63, 3.8) is 0 Å². The number of carbonyl (C=O) groups is 1. The van der Waals surface area contributed by atoms with Gasteiger partial charge in [0.15, 0.2) is 11.6 Å². The van der Waals surface area contributed by atoms with Crippen LogP contribution in [-0.2, 0) is 0 Å². The van der Waals surface area contributed by atoms with E-state index in [1.807, 2.05) is 0 Å². The van der Waals surface area contributed by atoms with Crippen molar-refractivity contribution in [3.05, 3.63) is 33.9 Å². The first-order valence-corrected chi connectivity index (χ1v) is 6.56. The highest BCUT2D eigenvalue weighted by Gasteiger charge is 2.28. The van der Waals surface area contributed by atoms with Crippen LogP contribution in [0.2, 0.25) is 0 Å². The van der Waals surface area contributed by atoms with Crippen LogP contribution in [0.5, 0.6) is 0 Å². The van der Waals surface area contributed by atoms with E-state index in [4.69, 9.17) is 5.11 Å². The molecule has 2 aromatic heterocycles. The monoisotopic (exact) mass is 291 g/mol. The Hall–Kier alpha value is -2.44. The predicted octanol–water partition coefficient (Wildman–Crippen LogP) is 1.63.